The number of rotatable bonds is 4. The zero-order valence-corrected chi connectivity index (χ0v) is 13.6. The summed E-state index contributed by atoms with van der Waals surface area (Å²) in [5, 5.41) is 3.80. The van der Waals surface area contributed by atoms with Gasteiger partial charge in [0.15, 0.2) is 0 Å². The first kappa shape index (κ1) is 14.9. The smallest absolute Gasteiger partial charge is 0.122 e. The molecule has 1 fully saturated rings. The molecule has 1 aliphatic carbocycles. The zero-order valence-electron chi connectivity index (χ0n) is 13.6. The Labute approximate surface area is 129 Å². The van der Waals surface area contributed by atoms with Crippen LogP contribution in [0.1, 0.15) is 51.5 Å². The molecule has 1 heterocycles. The molecular weight excluding hydrogens is 258 g/mol. The predicted molar refractivity (Wildman–Crippen MR) is 87.8 cm³/mol. The van der Waals surface area contributed by atoms with Gasteiger partial charge in [-0.05, 0) is 49.6 Å². The van der Waals surface area contributed by atoms with Gasteiger partial charge in [-0.2, -0.15) is 0 Å². The van der Waals surface area contributed by atoms with E-state index in [1.54, 1.807) is 0 Å². The van der Waals surface area contributed by atoms with Gasteiger partial charge in [-0.1, -0.05) is 39.0 Å². The second-order valence-corrected chi connectivity index (χ2v) is 7.22. The average Bonchev–Trinajstić information content (AvgIpc) is 2.87. The Kier molecular flexibility index (Phi) is 4.54. The molecule has 4 unspecified atom stereocenters. The predicted octanol–water partition coefficient (Wildman–Crippen LogP) is 4.21. The van der Waals surface area contributed by atoms with Gasteiger partial charge < -0.3 is 10.1 Å². The highest BCUT2D eigenvalue weighted by molar-refractivity contribution is 5.40. The van der Waals surface area contributed by atoms with Crippen LogP contribution in [-0.4, -0.2) is 19.2 Å². The fourth-order valence-electron chi connectivity index (χ4n) is 4.66. The van der Waals surface area contributed by atoms with E-state index in [0.29, 0.717) is 12.0 Å². The minimum atomic E-state index is 0.517. The normalized spacial score (nSPS) is 33.3. The molecule has 4 atom stereocenters. The molecule has 2 heteroatoms. The number of likely N-dealkylation sites (N-methyl/N-ethyl adjacent to an activating group) is 1. The minimum absolute atomic E-state index is 0.517. The first-order valence-corrected chi connectivity index (χ1v) is 8.64. The van der Waals surface area contributed by atoms with Gasteiger partial charge in [0.1, 0.15) is 5.75 Å². The number of hydrogen-bond acceptors (Lipinski definition) is 2. The third-order valence-corrected chi connectivity index (χ3v) is 5.33. The van der Waals surface area contributed by atoms with Crippen LogP contribution >= 0.6 is 0 Å². The number of nitrogens with one attached hydrogen (secondary N) is 1. The number of hydrogen-bond donors (Lipinski definition) is 1. The molecule has 1 aliphatic heterocycles. The van der Waals surface area contributed by atoms with Crippen LogP contribution in [0.5, 0.6) is 5.75 Å². The van der Waals surface area contributed by atoms with Crippen LogP contribution in [0.15, 0.2) is 24.3 Å². The van der Waals surface area contributed by atoms with Gasteiger partial charge in [0.05, 0.1) is 6.61 Å². The van der Waals surface area contributed by atoms with E-state index in [4.69, 9.17) is 4.74 Å². The molecule has 0 amide bonds. The number of para-hydroxylation sites is 1. The van der Waals surface area contributed by atoms with Crippen LogP contribution in [0.4, 0.5) is 0 Å². The molecular formula is C19H29NO. The Hall–Kier alpha value is -1.02. The Morgan fingerprint density at radius 2 is 1.86 bits per heavy atom. The molecule has 0 saturated heterocycles. The lowest BCUT2D eigenvalue weighted by Gasteiger charge is -2.39. The van der Waals surface area contributed by atoms with Crippen LogP contribution in [0, 0.1) is 17.8 Å². The Morgan fingerprint density at radius 1 is 1.14 bits per heavy atom. The molecule has 0 aromatic heterocycles. The van der Waals surface area contributed by atoms with Crippen molar-refractivity contribution in [3.05, 3.63) is 29.8 Å². The van der Waals surface area contributed by atoms with E-state index in [-0.39, 0.29) is 0 Å². The van der Waals surface area contributed by atoms with Gasteiger partial charge in [-0.25, -0.2) is 0 Å². The third-order valence-electron chi connectivity index (χ3n) is 5.33. The van der Waals surface area contributed by atoms with E-state index < -0.39 is 0 Å². The molecule has 1 N–H and O–H groups in total. The number of benzene rings is 1. The van der Waals surface area contributed by atoms with E-state index >= 15 is 0 Å². The second-order valence-electron chi connectivity index (χ2n) is 7.22. The SMILES string of the molecule is CCNC(C1CC(C)CC(C)C1)C1COc2ccccc21. The summed E-state index contributed by atoms with van der Waals surface area (Å²) in [5.74, 6) is 4.12. The lowest BCUT2D eigenvalue weighted by molar-refractivity contribution is 0.153. The van der Waals surface area contributed by atoms with Gasteiger partial charge in [-0.3, -0.25) is 0 Å². The maximum absolute atomic E-state index is 5.94. The molecule has 1 saturated carbocycles. The van der Waals surface area contributed by atoms with Crippen LogP contribution in [-0.2, 0) is 0 Å². The highest BCUT2D eigenvalue weighted by Gasteiger charge is 2.38. The topological polar surface area (TPSA) is 21.3 Å². The van der Waals surface area contributed by atoms with Crippen LogP contribution < -0.4 is 10.1 Å². The largest absolute Gasteiger partial charge is 0.493 e. The van der Waals surface area contributed by atoms with Crippen molar-refractivity contribution in [3.63, 3.8) is 0 Å². The summed E-state index contributed by atoms with van der Waals surface area (Å²) >= 11 is 0. The van der Waals surface area contributed by atoms with Crippen molar-refractivity contribution in [2.24, 2.45) is 17.8 Å². The van der Waals surface area contributed by atoms with Crippen LogP contribution in [0.3, 0.4) is 0 Å². The fourth-order valence-corrected chi connectivity index (χ4v) is 4.66. The highest BCUT2D eigenvalue weighted by atomic mass is 16.5. The zero-order chi connectivity index (χ0) is 14.8. The van der Waals surface area contributed by atoms with E-state index in [1.165, 1.54) is 24.8 Å². The summed E-state index contributed by atoms with van der Waals surface area (Å²) in [4.78, 5) is 0. The van der Waals surface area contributed by atoms with Gasteiger partial charge >= 0.3 is 0 Å². The maximum Gasteiger partial charge on any atom is 0.122 e. The molecule has 3 rings (SSSR count). The lowest BCUT2D eigenvalue weighted by Crippen LogP contribution is -2.44. The van der Waals surface area contributed by atoms with E-state index in [9.17, 15) is 0 Å². The molecule has 1 aromatic carbocycles. The van der Waals surface area contributed by atoms with Crippen molar-refractivity contribution >= 4 is 0 Å². The highest BCUT2D eigenvalue weighted by Crippen LogP contribution is 2.42. The second kappa shape index (κ2) is 6.39. The quantitative estimate of drug-likeness (QED) is 0.895. The summed E-state index contributed by atoms with van der Waals surface area (Å²) in [5.41, 5.74) is 1.41. The summed E-state index contributed by atoms with van der Waals surface area (Å²) in [6.45, 7) is 8.96. The summed E-state index contributed by atoms with van der Waals surface area (Å²) in [6, 6.07) is 9.16. The monoisotopic (exact) mass is 287 g/mol. The van der Waals surface area contributed by atoms with Gasteiger partial charge in [0.25, 0.3) is 0 Å². The molecule has 116 valence electrons. The average molecular weight is 287 g/mol. The van der Waals surface area contributed by atoms with E-state index in [2.05, 4.69) is 50.4 Å². The Bertz CT molecular complexity index is 462. The lowest BCUT2D eigenvalue weighted by atomic mass is 9.70. The van der Waals surface area contributed by atoms with Gasteiger partial charge in [0.2, 0.25) is 0 Å². The molecule has 1 aromatic rings. The fraction of sp³-hybridized carbons (Fsp3) is 0.684. The first-order chi connectivity index (χ1) is 10.2. The molecule has 2 aliphatic rings. The number of ether oxygens (including phenoxy) is 1. The molecule has 2 nitrogen and oxygen atoms in total. The van der Waals surface area contributed by atoms with Gasteiger partial charge in [-0.15, -0.1) is 0 Å². The van der Waals surface area contributed by atoms with Crippen LogP contribution in [0.2, 0.25) is 0 Å². The summed E-state index contributed by atoms with van der Waals surface area (Å²) in [6.07, 6.45) is 4.12. The molecule has 0 bridgehead atoms. The molecule has 0 radical (unpaired) electrons. The van der Waals surface area contributed by atoms with Crippen LogP contribution in [0.25, 0.3) is 0 Å². The molecule has 21 heavy (non-hydrogen) atoms. The summed E-state index contributed by atoms with van der Waals surface area (Å²) < 4.78 is 5.94. The van der Waals surface area contributed by atoms with Crippen molar-refractivity contribution in [2.75, 3.05) is 13.2 Å². The van der Waals surface area contributed by atoms with Crippen molar-refractivity contribution in [2.45, 2.75) is 52.0 Å². The minimum Gasteiger partial charge on any atom is -0.493 e. The van der Waals surface area contributed by atoms with Crippen molar-refractivity contribution < 1.29 is 4.74 Å². The Morgan fingerprint density at radius 3 is 2.57 bits per heavy atom. The van der Waals surface area contributed by atoms with Gasteiger partial charge in [0, 0.05) is 17.5 Å². The summed E-state index contributed by atoms with van der Waals surface area (Å²) in [7, 11) is 0. The third kappa shape index (κ3) is 3.11. The van der Waals surface area contributed by atoms with Crippen molar-refractivity contribution in [3.8, 4) is 5.75 Å². The van der Waals surface area contributed by atoms with Crippen molar-refractivity contribution in [1.82, 2.24) is 5.32 Å². The Balaban J connectivity index is 1.82. The first-order valence-electron chi connectivity index (χ1n) is 8.64. The van der Waals surface area contributed by atoms with E-state index in [0.717, 1.165) is 36.7 Å². The number of fused-ring (bicyclic) bond motifs is 1. The van der Waals surface area contributed by atoms with E-state index in [1.807, 2.05) is 0 Å². The van der Waals surface area contributed by atoms with Crippen molar-refractivity contribution in [1.29, 1.82) is 0 Å². The maximum atomic E-state index is 5.94. The standard InChI is InChI=1S/C19H29NO/c1-4-20-19(15-10-13(2)9-14(3)11-15)17-12-21-18-8-6-5-7-16(17)18/h5-8,13-15,17,19-20H,4,9-12H2,1-3H3. The molecule has 0 spiro atoms.